The highest BCUT2D eigenvalue weighted by Crippen LogP contribution is 2.52. The molecule has 1 saturated carbocycles. The first-order chi connectivity index (χ1) is 8.11. The van der Waals surface area contributed by atoms with Crippen molar-refractivity contribution in [1.29, 1.82) is 0 Å². The van der Waals surface area contributed by atoms with Crippen LogP contribution in [0.1, 0.15) is 24.8 Å². The zero-order valence-electron chi connectivity index (χ0n) is 10.0. The van der Waals surface area contributed by atoms with E-state index < -0.39 is 5.97 Å². The molecule has 2 rings (SSSR count). The summed E-state index contributed by atoms with van der Waals surface area (Å²) in [6.07, 6.45) is 4.17. The van der Waals surface area contributed by atoms with Gasteiger partial charge in [-0.1, -0.05) is 6.07 Å². The zero-order valence-corrected chi connectivity index (χ0v) is 10.8. The Kier molecular flexibility index (Phi) is 3.33. The lowest BCUT2D eigenvalue weighted by Crippen LogP contribution is -2.13. The quantitative estimate of drug-likeness (QED) is 0.818. The van der Waals surface area contributed by atoms with E-state index in [9.17, 15) is 4.79 Å². The molecule has 0 amide bonds. The number of methoxy groups -OCH3 is 1. The molecule has 0 aliphatic heterocycles. The van der Waals surface area contributed by atoms with Crippen LogP contribution in [0, 0.1) is 0 Å². The Balaban J connectivity index is 2.30. The molecule has 1 aromatic rings. The summed E-state index contributed by atoms with van der Waals surface area (Å²) >= 11 is 1.62. The Labute approximate surface area is 105 Å². The molecular weight excluding hydrogens is 236 g/mol. The topological polar surface area (TPSA) is 46.5 Å². The predicted octanol–water partition coefficient (Wildman–Crippen LogP) is 2.92. The van der Waals surface area contributed by atoms with Crippen molar-refractivity contribution < 1.29 is 14.6 Å². The van der Waals surface area contributed by atoms with Gasteiger partial charge in [-0.3, -0.25) is 4.79 Å². The molecule has 1 aromatic carbocycles. The molecular formula is C13H16O3S. The van der Waals surface area contributed by atoms with E-state index >= 15 is 0 Å². The molecule has 1 aliphatic carbocycles. The molecule has 0 atom stereocenters. The minimum atomic E-state index is -0.719. The fourth-order valence-corrected chi connectivity index (χ4v) is 2.77. The summed E-state index contributed by atoms with van der Waals surface area (Å²) in [6, 6.07) is 6.00. The summed E-state index contributed by atoms with van der Waals surface area (Å²) in [7, 11) is 1.65. The van der Waals surface area contributed by atoms with Crippen LogP contribution >= 0.6 is 11.8 Å². The molecule has 0 heterocycles. The van der Waals surface area contributed by atoms with Gasteiger partial charge in [0.25, 0.3) is 0 Å². The maximum absolute atomic E-state index is 10.9. The fraction of sp³-hybridized carbons (Fsp3) is 0.462. The van der Waals surface area contributed by atoms with Gasteiger partial charge in [0.1, 0.15) is 5.75 Å². The van der Waals surface area contributed by atoms with Crippen LogP contribution in [-0.2, 0) is 10.2 Å². The van der Waals surface area contributed by atoms with Gasteiger partial charge >= 0.3 is 5.97 Å². The van der Waals surface area contributed by atoms with E-state index in [0.717, 1.165) is 29.1 Å². The minimum absolute atomic E-state index is 0.122. The highest BCUT2D eigenvalue weighted by Gasteiger charge is 2.46. The van der Waals surface area contributed by atoms with Crippen molar-refractivity contribution in [3.05, 3.63) is 23.8 Å². The van der Waals surface area contributed by atoms with Crippen molar-refractivity contribution in [3.63, 3.8) is 0 Å². The monoisotopic (exact) mass is 252 g/mol. The predicted molar refractivity (Wildman–Crippen MR) is 67.9 cm³/mol. The Morgan fingerprint density at radius 3 is 2.71 bits per heavy atom. The van der Waals surface area contributed by atoms with Gasteiger partial charge in [0, 0.05) is 10.3 Å². The maximum atomic E-state index is 10.9. The van der Waals surface area contributed by atoms with Gasteiger partial charge in [-0.2, -0.15) is 0 Å². The molecule has 1 N–H and O–H groups in total. The van der Waals surface area contributed by atoms with Crippen LogP contribution in [0.2, 0.25) is 0 Å². The molecule has 4 heteroatoms. The molecule has 3 nitrogen and oxygen atoms in total. The number of hydrogen-bond donors (Lipinski definition) is 1. The fourth-order valence-electron chi connectivity index (χ4n) is 2.17. The van der Waals surface area contributed by atoms with Crippen molar-refractivity contribution in [2.45, 2.75) is 29.6 Å². The second kappa shape index (κ2) is 4.61. The Hall–Kier alpha value is -1.16. The number of carbonyl (C=O) groups is 1. The molecule has 0 saturated heterocycles. The SMILES string of the molecule is COc1ccc(C2(CC(=O)O)CC2)cc1SC. The molecule has 0 aromatic heterocycles. The van der Waals surface area contributed by atoms with Crippen LogP contribution in [0.3, 0.4) is 0 Å². The smallest absolute Gasteiger partial charge is 0.304 e. The molecule has 0 unspecified atom stereocenters. The van der Waals surface area contributed by atoms with Gasteiger partial charge in [-0.15, -0.1) is 11.8 Å². The van der Waals surface area contributed by atoms with E-state index in [-0.39, 0.29) is 11.8 Å². The third-order valence-corrected chi connectivity index (χ3v) is 4.10. The van der Waals surface area contributed by atoms with Crippen molar-refractivity contribution in [2.75, 3.05) is 13.4 Å². The van der Waals surface area contributed by atoms with Gasteiger partial charge in [-0.05, 0) is 36.8 Å². The normalized spacial score (nSPS) is 16.6. The summed E-state index contributed by atoms with van der Waals surface area (Å²) in [4.78, 5) is 11.9. The molecule has 0 bridgehead atoms. The van der Waals surface area contributed by atoms with E-state index in [0.29, 0.717) is 0 Å². The maximum Gasteiger partial charge on any atom is 0.304 e. The molecule has 1 aliphatic rings. The number of benzene rings is 1. The average Bonchev–Trinajstić information content (AvgIpc) is 3.08. The van der Waals surface area contributed by atoms with E-state index in [2.05, 4.69) is 6.07 Å². The lowest BCUT2D eigenvalue weighted by atomic mass is 9.92. The Morgan fingerprint density at radius 2 is 2.24 bits per heavy atom. The lowest BCUT2D eigenvalue weighted by molar-refractivity contribution is -0.137. The van der Waals surface area contributed by atoms with E-state index in [1.807, 2.05) is 18.4 Å². The number of thioether (sulfide) groups is 1. The number of hydrogen-bond acceptors (Lipinski definition) is 3. The summed E-state index contributed by atoms with van der Waals surface area (Å²) in [5.74, 6) is 0.136. The average molecular weight is 252 g/mol. The summed E-state index contributed by atoms with van der Waals surface area (Å²) in [6.45, 7) is 0. The van der Waals surface area contributed by atoms with Crippen LogP contribution in [-0.4, -0.2) is 24.4 Å². The van der Waals surface area contributed by atoms with E-state index in [1.54, 1.807) is 18.9 Å². The molecule has 1 fully saturated rings. The first kappa shape index (κ1) is 12.3. The van der Waals surface area contributed by atoms with Gasteiger partial charge < -0.3 is 9.84 Å². The van der Waals surface area contributed by atoms with E-state index in [1.165, 1.54) is 0 Å². The third kappa shape index (κ3) is 2.41. The number of ether oxygens (including phenoxy) is 1. The lowest BCUT2D eigenvalue weighted by Gasteiger charge is -2.15. The van der Waals surface area contributed by atoms with Crippen LogP contribution in [0.5, 0.6) is 5.75 Å². The molecule has 0 spiro atoms. The first-order valence-electron chi connectivity index (χ1n) is 5.55. The van der Waals surface area contributed by atoms with Crippen molar-refractivity contribution >= 4 is 17.7 Å². The van der Waals surface area contributed by atoms with Gasteiger partial charge in [0.05, 0.1) is 13.5 Å². The van der Waals surface area contributed by atoms with Crippen molar-refractivity contribution in [3.8, 4) is 5.75 Å². The Bertz CT molecular complexity index is 438. The van der Waals surface area contributed by atoms with Crippen molar-refractivity contribution in [2.24, 2.45) is 0 Å². The number of aliphatic carboxylic acids is 1. The second-order valence-electron chi connectivity index (χ2n) is 4.42. The standard InChI is InChI=1S/C13H16O3S/c1-16-10-4-3-9(7-11(10)17-2)13(5-6-13)8-12(14)15/h3-4,7H,5-6,8H2,1-2H3,(H,14,15). The second-order valence-corrected chi connectivity index (χ2v) is 5.27. The number of rotatable bonds is 5. The largest absolute Gasteiger partial charge is 0.496 e. The van der Waals surface area contributed by atoms with Gasteiger partial charge in [0.15, 0.2) is 0 Å². The van der Waals surface area contributed by atoms with Crippen LogP contribution in [0.15, 0.2) is 23.1 Å². The van der Waals surface area contributed by atoms with Crippen molar-refractivity contribution in [1.82, 2.24) is 0 Å². The third-order valence-electron chi connectivity index (χ3n) is 3.34. The summed E-state index contributed by atoms with van der Waals surface area (Å²) in [5, 5.41) is 8.95. The summed E-state index contributed by atoms with van der Waals surface area (Å²) < 4.78 is 5.27. The van der Waals surface area contributed by atoms with Gasteiger partial charge in [0.2, 0.25) is 0 Å². The van der Waals surface area contributed by atoms with Crippen LogP contribution in [0.4, 0.5) is 0 Å². The summed E-state index contributed by atoms with van der Waals surface area (Å²) in [5.41, 5.74) is 1.01. The van der Waals surface area contributed by atoms with E-state index in [4.69, 9.17) is 9.84 Å². The van der Waals surface area contributed by atoms with Crippen LogP contribution < -0.4 is 4.74 Å². The number of carboxylic acids is 1. The Morgan fingerprint density at radius 1 is 1.53 bits per heavy atom. The number of carboxylic acid groups (broad SMARTS) is 1. The molecule has 17 heavy (non-hydrogen) atoms. The highest BCUT2D eigenvalue weighted by atomic mass is 32.2. The first-order valence-corrected chi connectivity index (χ1v) is 6.78. The van der Waals surface area contributed by atoms with Gasteiger partial charge in [-0.25, -0.2) is 0 Å². The molecule has 92 valence electrons. The van der Waals surface area contributed by atoms with Crippen LogP contribution in [0.25, 0.3) is 0 Å². The minimum Gasteiger partial charge on any atom is -0.496 e. The highest BCUT2D eigenvalue weighted by molar-refractivity contribution is 7.98. The molecule has 0 radical (unpaired) electrons. The zero-order chi connectivity index (χ0) is 12.5.